The van der Waals surface area contributed by atoms with E-state index in [0.717, 1.165) is 6.16 Å². The lowest BCUT2D eigenvalue weighted by Crippen LogP contribution is -2.40. The van der Waals surface area contributed by atoms with Crippen LogP contribution in [0.4, 0.5) is 0 Å². The van der Waals surface area contributed by atoms with Crippen LogP contribution >= 0.6 is 15.8 Å². The van der Waals surface area contributed by atoms with Crippen LogP contribution in [0, 0.1) is 0 Å². The van der Waals surface area contributed by atoms with Gasteiger partial charge in [0.05, 0.1) is 15.7 Å². The second-order valence-electron chi connectivity index (χ2n) is 12.6. The lowest BCUT2D eigenvalue weighted by Gasteiger charge is -2.43. The van der Waals surface area contributed by atoms with Gasteiger partial charge in [0, 0.05) is 6.04 Å². The maximum absolute atomic E-state index is 13.6. The maximum Gasteiger partial charge on any atom is 0.0976 e. The van der Waals surface area contributed by atoms with Crippen molar-refractivity contribution >= 4 is 42.7 Å². The number of benzene rings is 3. The van der Waals surface area contributed by atoms with Gasteiger partial charge in [0.1, 0.15) is 0 Å². The molecule has 0 spiro atoms. The average molecular weight is 554 g/mol. The SMILES string of the molecule is CC(C)(C)P(c1ccccc1[C@H](CP(c1ccccc1)c1ccccc1)NS(=O)C(C)(C)C)C(C)(C)C. The second-order valence-corrected chi connectivity index (χ2v) is 20.7. The van der Waals surface area contributed by atoms with Crippen molar-refractivity contribution in [1.82, 2.24) is 4.72 Å². The Labute approximate surface area is 231 Å². The van der Waals surface area contributed by atoms with Gasteiger partial charge in [-0.3, -0.25) is 0 Å². The van der Waals surface area contributed by atoms with Crippen LogP contribution in [-0.2, 0) is 11.0 Å². The molecule has 0 bridgehead atoms. The smallest absolute Gasteiger partial charge is 0.0976 e. The minimum Gasteiger partial charge on any atom is -0.242 e. The molecule has 0 aromatic heterocycles. The molecule has 1 unspecified atom stereocenters. The molecule has 0 amide bonds. The largest absolute Gasteiger partial charge is 0.242 e. The number of nitrogens with one attached hydrogen (secondary N) is 1. The minimum atomic E-state index is -1.19. The van der Waals surface area contributed by atoms with Crippen molar-refractivity contribution in [2.75, 3.05) is 6.16 Å². The van der Waals surface area contributed by atoms with E-state index >= 15 is 0 Å². The van der Waals surface area contributed by atoms with E-state index in [9.17, 15) is 4.21 Å². The van der Waals surface area contributed by atoms with Crippen LogP contribution in [0.2, 0.25) is 0 Å². The Morgan fingerprint density at radius 2 is 1.11 bits per heavy atom. The minimum absolute atomic E-state index is 0.0301. The standard InChI is InChI=1S/C32H45NOP2S/c1-30(2,3)36(31(4,5)6)29-23-17-16-22-27(29)28(33-37(34)32(7,8)9)24-35(25-18-12-10-13-19-25)26-20-14-11-15-21-26/h10-23,28,33H,24H2,1-9H3/t28-,37?/m0/s1. The van der Waals surface area contributed by atoms with Gasteiger partial charge in [-0.05, 0) is 66.6 Å². The van der Waals surface area contributed by atoms with E-state index in [2.05, 4.69) is 131 Å². The Kier molecular flexibility index (Phi) is 9.96. The number of hydrogen-bond acceptors (Lipinski definition) is 1. The van der Waals surface area contributed by atoms with Crippen molar-refractivity contribution < 1.29 is 4.21 Å². The van der Waals surface area contributed by atoms with Crippen LogP contribution in [0.15, 0.2) is 84.9 Å². The summed E-state index contributed by atoms with van der Waals surface area (Å²) in [7, 11) is -2.36. The van der Waals surface area contributed by atoms with Gasteiger partial charge in [-0.25, -0.2) is 8.93 Å². The highest BCUT2D eigenvalue weighted by atomic mass is 32.2. The first-order chi connectivity index (χ1) is 17.2. The predicted molar refractivity (Wildman–Crippen MR) is 170 cm³/mol. The molecule has 2 atom stereocenters. The molecule has 2 nitrogen and oxygen atoms in total. The lowest BCUT2D eigenvalue weighted by molar-refractivity contribution is 0.618. The summed E-state index contributed by atoms with van der Waals surface area (Å²) in [4.78, 5) is 0. The zero-order valence-corrected chi connectivity index (χ0v) is 26.7. The Bertz CT molecular complexity index is 1110. The van der Waals surface area contributed by atoms with E-state index in [4.69, 9.17) is 0 Å². The highest BCUT2D eigenvalue weighted by Crippen LogP contribution is 2.59. The maximum atomic E-state index is 13.6. The zero-order valence-electron chi connectivity index (χ0n) is 24.1. The van der Waals surface area contributed by atoms with Crippen molar-refractivity contribution in [3.8, 4) is 0 Å². The van der Waals surface area contributed by atoms with Crippen molar-refractivity contribution in [2.45, 2.75) is 83.4 Å². The summed E-state index contributed by atoms with van der Waals surface area (Å²) in [5.41, 5.74) is 1.30. The molecule has 37 heavy (non-hydrogen) atoms. The topological polar surface area (TPSA) is 29.1 Å². The molecule has 3 aromatic carbocycles. The first-order valence-electron chi connectivity index (χ1n) is 13.1. The van der Waals surface area contributed by atoms with Gasteiger partial charge < -0.3 is 0 Å². The summed E-state index contributed by atoms with van der Waals surface area (Å²) in [5, 5.41) is 4.41. The van der Waals surface area contributed by atoms with Crippen molar-refractivity contribution in [3.05, 3.63) is 90.5 Å². The van der Waals surface area contributed by atoms with Gasteiger partial charge >= 0.3 is 0 Å². The van der Waals surface area contributed by atoms with Crippen LogP contribution in [-0.4, -0.2) is 25.4 Å². The summed E-state index contributed by atoms with van der Waals surface area (Å²) in [6.07, 6.45) is 0.889. The second kappa shape index (κ2) is 12.2. The van der Waals surface area contributed by atoms with E-state index in [1.54, 1.807) is 0 Å². The van der Waals surface area contributed by atoms with Gasteiger partial charge in [-0.2, -0.15) is 0 Å². The van der Waals surface area contributed by atoms with Gasteiger partial charge in [0.15, 0.2) is 0 Å². The van der Waals surface area contributed by atoms with Crippen LogP contribution in [0.25, 0.3) is 0 Å². The summed E-state index contributed by atoms with van der Waals surface area (Å²) >= 11 is 0. The molecule has 5 heteroatoms. The fraction of sp³-hybridized carbons (Fsp3) is 0.438. The molecule has 3 aromatic rings. The molecule has 1 N–H and O–H groups in total. The Hall–Kier alpha value is -1.37. The Balaban J connectivity index is 2.19. The van der Waals surface area contributed by atoms with E-state index in [0.29, 0.717) is 0 Å². The fourth-order valence-electron chi connectivity index (χ4n) is 4.98. The molecule has 0 fully saturated rings. The van der Waals surface area contributed by atoms with Crippen molar-refractivity contribution in [2.24, 2.45) is 0 Å². The van der Waals surface area contributed by atoms with E-state index in [-0.39, 0.29) is 21.1 Å². The summed E-state index contributed by atoms with van der Waals surface area (Å²) < 4.78 is 16.9. The van der Waals surface area contributed by atoms with Gasteiger partial charge in [0.25, 0.3) is 0 Å². The third-order valence-corrected chi connectivity index (χ3v) is 14.0. The molecule has 0 aliphatic rings. The van der Waals surface area contributed by atoms with Crippen LogP contribution in [0.1, 0.15) is 73.9 Å². The molecule has 200 valence electrons. The molecule has 0 saturated carbocycles. The van der Waals surface area contributed by atoms with Gasteiger partial charge in [-0.1, -0.05) is 134 Å². The first-order valence-corrected chi connectivity index (χ1v) is 17.2. The Morgan fingerprint density at radius 1 is 0.676 bits per heavy atom. The molecule has 0 radical (unpaired) electrons. The highest BCUT2D eigenvalue weighted by molar-refractivity contribution is 7.84. The quantitative estimate of drug-likeness (QED) is 0.286. The van der Waals surface area contributed by atoms with Crippen LogP contribution in [0.5, 0.6) is 0 Å². The zero-order chi connectivity index (χ0) is 27.4. The third kappa shape index (κ3) is 8.06. The fourth-order valence-corrected chi connectivity index (χ4v) is 12.5. The summed E-state index contributed by atoms with van der Waals surface area (Å²) in [5.74, 6) is 0. The van der Waals surface area contributed by atoms with Gasteiger partial charge in [-0.15, -0.1) is 0 Å². The molecule has 0 aliphatic heterocycles. The monoisotopic (exact) mass is 553 g/mol. The first kappa shape index (κ1) is 30.2. The van der Waals surface area contributed by atoms with Crippen LogP contribution in [0.3, 0.4) is 0 Å². The number of hydrogen-bond donors (Lipinski definition) is 1. The third-order valence-electron chi connectivity index (χ3n) is 6.20. The normalized spacial score (nSPS) is 14.7. The van der Waals surface area contributed by atoms with E-state index in [1.807, 2.05) is 20.8 Å². The average Bonchev–Trinajstić information content (AvgIpc) is 2.81. The van der Waals surface area contributed by atoms with Gasteiger partial charge in [0.2, 0.25) is 0 Å². The molecular formula is C32H45NOP2S. The molecular weight excluding hydrogens is 508 g/mol. The Morgan fingerprint density at radius 3 is 1.54 bits per heavy atom. The van der Waals surface area contributed by atoms with Crippen molar-refractivity contribution in [1.29, 1.82) is 0 Å². The summed E-state index contributed by atoms with van der Waals surface area (Å²) in [6.45, 7) is 20.4. The molecule has 0 saturated heterocycles. The predicted octanol–water partition coefficient (Wildman–Crippen LogP) is 7.62. The van der Waals surface area contributed by atoms with Crippen molar-refractivity contribution in [3.63, 3.8) is 0 Å². The lowest BCUT2D eigenvalue weighted by atomic mass is 10.1. The highest BCUT2D eigenvalue weighted by Gasteiger charge is 2.38. The van der Waals surface area contributed by atoms with Crippen LogP contribution < -0.4 is 20.6 Å². The number of rotatable bonds is 8. The van der Waals surface area contributed by atoms with E-state index < -0.39 is 26.8 Å². The molecule has 0 heterocycles. The molecule has 3 rings (SSSR count). The van der Waals surface area contributed by atoms with E-state index in [1.165, 1.54) is 21.5 Å². The molecule has 0 aliphatic carbocycles. The summed E-state index contributed by atoms with van der Waals surface area (Å²) in [6, 6.07) is 30.6.